The first-order valence-electron chi connectivity index (χ1n) is 7.37. The maximum atomic E-state index is 12.1. The lowest BCUT2D eigenvalue weighted by molar-refractivity contribution is -0.126. The Morgan fingerprint density at radius 3 is 2.86 bits per heavy atom. The van der Waals surface area contributed by atoms with Crippen LogP contribution in [0.1, 0.15) is 39.2 Å². The molecule has 1 aliphatic rings. The Morgan fingerprint density at radius 2 is 2.24 bits per heavy atom. The summed E-state index contributed by atoms with van der Waals surface area (Å²) < 4.78 is 5.39. The first-order valence-corrected chi connectivity index (χ1v) is 8.31. The summed E-state index contributed by atoms with van der Waals surface area (Å²) in [6.45, 7) is 6.52. The fourth-order valence-electron chi connectivity index (χ4n) is 2.43. The van der Waals surface area contributed by atoms with Crippen LogP contribution in [0.2, 0.25) is 0 Å². The SMILES string of the molecule is CC(C)(C)OC(=O)N1CCC(=O)C(CCc2ccsc2)C1. The van der Waals surface area contributed by atoms with Gasteiger partial charge in [-0.15, -0.1) is 0 Å². The standard InChI is InChI=1S/C16H23NO3S/c1-16(2,3)20-15(19)17-8-6-14(18)13(10-17)5-4-12-7-9-21-11-12/h7,9,11,13H,4-6,8,10H2,1-3H3. The van der Waals surface area contributed by atoms with Crippen molar-refractivity contribution in [2.45, 2.75) is 45.6 Å². The van der Waals surface area contributed by atoms with Crippen molar-refractivity contribution in [1.29, 1.82) is 0 Å². The van der Waals surface area contributed by atoms with Gasteiger partial charge in [-0.25, -0.2) is 4.79 Å². The number of likely N-dealkylation sites (tertiary alicyclic amines) is 1. The van der Waals surface area contributed by atoms with Crippen molar-refractivity contribution in [3.05, 3.63) is 22.4 Å². The van der Waals surface area contributed by atoms with Crippen molar-refractivity contribution in [1.82, 2.24) is 4.90 Å². The highest BCUT2D eigenvalue weighted by molar-refractivity contribution is 7.07. The highest BCUT2D eigenvalue weighted by Crippen LogP contribution is 2.21. The second kappa shape index (κ2) is 6.60. The summed E-state index contributed by atoms with van der Waals surface area (Å²) in [6, 6.07) is 2.09. The zero-order valence-electron chi connectivity index (χ0n) is 12.9. The molecule has 1 unspecified atom stereocenters. The molecule has 0 aliphatic carbocycles. The van der Waals surface area contributed by atoms with Gasteiger partial charge in [-0.3, -0.25) is 4.79 Å². The molecule has 116 valence electrons. The second-order valence-corrected chi connectivity index (χ2v) is 7.29. The molecule has 0 saturated carbocycles. The van der Waals surface area contributed by atoms with E-state index in [9.17, 15) is 9.59 Å². The van der Waals surface area contributed by atoms with Gasteiger partial charge in [-0.2, -0.15) is 11.3 Å². The molecular formula is C16H23NO3S. The van der Waals surface area contributed by atoms with Gasteiger partial charge in [-0.05, 0) is 56.0 Å². The second-order valence-electron chi connectivity index (χ2n) is 6.51. The number of carbonyl (C=O) groups excluding carboxylic acids is 2. The minimum absolute atomic E-state index is 0.0637. The van der Waals surface area contributed by atoms with E-state index in [-0.39, 0.29) is 17.8 Å². The Bertz CT molecular complexity index is 490. The van der Waals surface area contributed by atoms with Crippen LogP contribution in [0.5, 0.6) is 0 Å². The molecule has 4 nitrogen and oxygen atoms in total. The number of hydrogen-bond acceptors (Lipinski definition) is 4. The van der Waals surface area contributed by atoms with Gasteiger partial charge in [0, 0.05) is 25.4 Å². The van der Waals surface area contributed by atoms with Gasteiger partial charge in [0.05, 0.1) is 0 Å². The third-order valence-electron chi connectivity index (χ3n) is 3.54. The fraction of sp³-hybridized carbons (Fsp3) is 0.625. The number of rotatable bonds is 3. The third kappa shape index (κ3) is 4.84. The highest BCUT2D eigenvalue weighted by Gasteiger charge is 2.31. The van der Waals surface area contributed by atoms with Crippen molar-refractivity contribution in [3.63, 3.8) is 0 Å². The Hall–Kier alpha value is -1.36. The molecule has 5 heteroatoms. The molecular weight excluding hydrogens is 286 g/mol. The van der Waals surface area contributed by atoms with Crippen LogP contribution in [0.3, 0.4) is 0 Å². The van der Waals surface area contributed by atoms with Crippen LogP contribution >= 0.6 is 11.3 Å². The van der Waals surface area contributed by atoms with Crippen molar-refractivity contribution in [2.24, 2.45) is 5.92 Å². The molecule has 0 radical (unpaired) electrons. The molecule has 1 saturated heterocycles. The largest absolute Gasteiger partial charge is 0.444 e. The van der Waals surface area contributed by atoms with Crippen LogP contribution in [0.15, 0.2) is 16.8 Å². The van der Waals surface area contributed by atoms with Gasteiger partial charge in [-0.1, -0.05) is 0 Å². The van der Waals surface area contributed by atoms with E-state index in [4.69, 9.17) is 4.74 Å². The Labute approximate surface area is 130 Å². The molecule has 0 aromatic carbocycles. The quantitative estimate of drug-likeness (QED) is 0.858. The first-order chi connectivity index (χ1) is 9.85. The van der Waals surface area contributed by atoms with Crippen LogP contribution in [-0.4, -0.2) is 35.5 Å². The van der Waals surface area contributed by atoms with E-state index in [1.165, 1.54) is 5.56 Å². The van der Waals surface area contributed by atoms with E-state index < -0.39 is 5.60 Å². The number of ether oxygens (including phenoxy) is 1. The maximum absolute atomic E-state index is 12.1. The molecule has 21 heavy (non-hydrogen) atoms. The predicted molar refractivity (Wildman–Crippen MR) is 83.6 cm³/mol. The molecule has 0 bridgehead atoms. The minimum atomic E-state index is -0.495. The molecule has 1 aromatic heterocycles. The number of thiophene rings is 1. The van der Waals surface area contributed by atoms with Crippen molar-refractivity contribution in [2.75, 3.05) is 13.1 Å². The molecule has 1 aromatic rings. The Kier molecular flexibility index (Phi) is 5.04. The average Bonchev–Trinajstić information content (AvgIpc) is 2.88. The fourth-order valence-corrected chi connectivity index (χ4v) is 3.13. The van der Waals surface area contributed by atoms with Gasteiger partial charge in [0.25, 0.3) is 0 Å². The van der Waals surface area contributed by atoms with E-state index in [1.807, 2.05) is 26.2 Å². The summed E-state index contributed by atoms with van der Waals surface area (Å²) in [5.41, 5.74) is 0.771. The number of nitrogens with zero attached hydrogens (tertiary/aromatic N) is 1. The molecule has 2 rings (SSSR count). The van der Waals surface area contributed by atoms with E-state index in [2.05, 4.69) is 11.4 Å². The lowest BCUT2D eigenvalue weighted by atomic mass is 9.91. The zero-order chi connectivity index (χ0) is 15.5. The lowest BCUT2D eigenvalue weighted by Crippen LogP contribution is -2.46. The topological polar surface area (TPSA) is 46.6 Å². The smallest absolute Gasteiger partial charge is 0.410 e. The monoisotopic (exact) mass is 309 g/mol. The molecule has 1 fully saturated rings. The summed E-state index contributed by atoms with van der Waals surface area (Å²) in [6.07, 6.45) is 1.82. The first kappa shape index (κ1) is 16.0. The van der Waals surface area contributed by atoms with E-state index >= 15 is 0 Å². The molecule has 1 atom stereocenters. The number of ketones is 1. The number of piperidine rings is 1. The summed E-state index contributed by atoms with van der Waals surface area (Å²) in [7, 11) is 0. The normalized spacial score (nSPS) is 19.7. The Balaban J connectivity index is 1.89. The van der Waals surface area contributed by atoms with Crippen LogP contribution < -0.4 is 0 Å². The summed E-state index contributed by atoms with van der Waals surface area (Å²) in [5, 5.41) is 4.16. The highest BCUT2D eigenvalue weighted by atomic mass is 32.1. The van der Waals surface area contributed by atoms with Crippen LogP contribution in [0.25, 0.3) is 0 Å². The Morgan fingerprint density at radius 1 is 1.48 bits per heavy atom. The number of carbonyl (C=O) groups is 2. The van der Waals surface area contributed by atoms with Gasteiger partial charge < -0.3 is 9.64 Å². The maximum Gasteiger partial charge on any atom is 0.410 e. The molecule has 0 spiro atoms. The van der Waals surface area contributed by atoms with E-state index in [0.717, 1.165) is 12.8 Å². The van der Waals surface area contributed by atoms with Crippen LogP contribution in [0.4, 0.5) is 4.79 Å². The van der Waals surface area contributed by atoms with Gasteiger partial charge in [0.15, 0.2) is 0 Å². The van der Waals surface area contributed by atoms with Gasteiger partial charge >= 0.3 is 6.09 Å². The van der Waals surface area contributed by atoms with E-state index in [0.29, 0.717) is 19.5 Å². The minimum Gasteiger partial charge on any atom is -0.444 e. The number of hydrogen-bond donors (Lipinski definition) is 0. The van der Waals surface area contributed by atoms with E-state index in [1.54, 1.807) is 16.2 Å². The predicted octanol–water partition coefficient (Wildman–Crippen LogP) is 3.51. The van der Waals surface area contributed by atoms with Crippen LogP contribution in [-0.2, 0) is 16.0 Å². The summed E-state index contributed by atoms with van der Waals surface area (Å²) >= 11 is 1.67. The van der Waals surface area contributed by atoms with Crippen LogP contribution in [0, 0.1) is 5.92 Å². The average molecular weight is 309 g/mol. The van der Waals surface area contributed by atoms with Gasteiger partial charge in [0.2, 0.25) is 0 Å². The molecule has 0 N–H and O–H groups in total. The van der Waals surface area contributed by atoms with Gasteiger partial charge in [0.1, 0.15) is 11.4 Å². The zero-order valence-corrected chi connectivity index (χ0v) is 13.7. The van der Waals surface area contributed by atoms with Crippen molar-refractivity contribution < 1.29 is 14.3 Å². The number of aryl methyl sites for hydroxylation is 1. The summed E-state index contributed by atoms with van der Waals surface area (Å²) in [4.78, 5) is 25.8. The van der Waals surface area contributed by atoms with Crippen molar-refractivity contribution in [3.8, 4) is 0 Å². The third-order valence-corrected chi connectivity index (χ3v) is 4.27. The molecule has 1 aliphatic heterocycles. The number of Topliss-reactive ketones (excluding diaryl/α,β-unsaturated/α-hetero) is 1. The lowest BCUT2D eigenvalue weighted by Gasteiger charge is -2.33. The van der Waals surface area contributed by atoms with Crippen molar-refractivity contribution >= 4 is 23.2 Å². The molecule has 2 heterocycles. The summed E-state index contributed by atoms with van der Waals surface area (Å²) in [5.74, 6) is 0.205. The molecule has 1 amide bonds. The number of amides is 1.